The van der Waals surface area contributed by atoms with Gasteiger partial charge in [0.1, 0.15) is 0 Å². The highest BCUT2D eigenvalue weighted by Gasteiger charge is 2.01. The summed E-state index contributed by atoms with van der Waals surface area (Å²) in [5, 5.41) is 6.12. The van der Waals surface area contributed by atoms with Crippen molar-refractivity contribution in [1.29, 1.82) is 0 Å². The van der Waals surface area contributed by atoms with Crippen LogP contribution < -0.4 is 16.4 Å². The molecule has 1 rings (SSSR count). The number of rotatable bonds is 9. The third-order valence-electron chi connectivity index (χ3n) is 3.00. The number of carbonyl (C=O) groups excluding carboxylic acids is 2. The molecule has 0 spiro atoms. The second-order valence-electron chi connectivity index (χ2n) is 4.83. The number of primary amides is 1. The van der Waals surface area contributed by atoms with Gasteiger partial charge in [-0.2, -0.15) is 0 Å². The van der Waals surface area contributed by atoms with Crippen molar-refractivity contribution in [3.8, 4) is 0 Å². The van der Waals surface area contributed by atoms with E-state index < -0.39 is 6.03 Å². The molecule has 116 valence electrons. The average molecular weight is 312 g/mol. The molecule has 0 saturated heterocycles. The molecule has 21 heavy (non-hydrogen) atoms. The topological polar surface area (TPSA) is 84.2 Å². The zero-order chi connectivity index (χ0) is 15.5. The molecular formula is C15H22ClN3O2. The molecule has 6 heteroatoms. The monoisotopic (exact) mass is 311 g/mol. The first kappa shape index (κ1) is 17.3. The average Bonchev–Trinajstić information content (AvgIpc) is 2.42. The van der Waals surface area contributed by atoms with E-state index in [-0.39, 0.29) is 5.91 Å². The summed E-state index contributed by atoms with van der Waals surface area (Å²) in [5.41, 5.74) is 6.06. The highest BCUT2D eigenvalue weighted by molar-refractivity contribution is 6.30. The first-order valence-corrected chi connectivity index (χ1v) is 7.50. The highest BCUT2D eigenvalue weighted by Crippen LogP contribution is 2.10. The maximum absolute atomic E-state index is 11.6. The normalized spacial score (nSPS) is 10.1. The van der Waals surface area contributed by atoms with Gasteiger partial charge in [-0.3, -0.25) is 4.79 Å². The van der Waals surface area contributed by atoms with E-state index in [1.54, 1.807) is 0 Å². The van der Waals surface area contributed by atoms with Gasteiger partial charge in [0.05, 0.1) is 0 Å². The van der Waals surface area contributed by atoms with Crippen LogP contribution >= 0.6 is 11.6 Å². The molecule has 4 N–H and O–H groups in total. The van der Waals surface area contributed by atoms with E-state index in [9.17, 15) is 9.59 Å². The van der Waals surface area contributed by atoms with Crippen molar-refractivity contribution in [2.75, 3.05) is 13.1 Å². The van der Waals surface area contributed by atoms with E-state index in [4.69, 9.17) is 17.3 Å². The Morgan fingerprint density at radius 1 is 1.10 bits per heavy atom. The van der Waals surface area contributed by atoms with Crippen molar-refractivity contribution in [2.45, 2.75) is 32.1 Å². The largest absolute Gasteiger partial charge is 0.356 e. The summed E-state index contributed by atoms with van der Waals surface area (Å²) in [6.45, 7) is 1.17. The van der Waals surface area contributed by atoms with Crippen LogP contribution in [0.1, 0.15) is 31.2 Å². The summed E-state index contributed by atoms with van der Waals surface area (Å²) in [6.07, 6.45) is 3.81. The Morgan fingerprint density at radius 2 is 1.90 bits per heavy atom. The van der Waals surface area contributed by atoms with Crippen LogP contribution in [0.15, 0.2) is 24.3 Å². The SMILES string of the molecule is NC(=O)NCCCCCC(=O)NCCc1cccc(Cl)c1. The molecule has 5 nitrogen and oxygen atoms in total. The first-order valence-electron chi connectivity index (χ1n) is 7.12. The van der Waals surface area contributed by atoms with Gasteiger partial charge in [-0.05, 0) is 37.0 Å². The lowest BCUT2D eigenvalue weighted by molar-refractivity contribution is -0.121. The Balaban J connectivity index is 2.02. The maximum atomic E-state index is 11.6. The fourth-order valence-electron chi connectivity index (χ4n) is 1.93. The molecule has 0 atom stereocenters. The molecule has 0 bridgehead atoms. The molecule has 0 aliphatic heterocycles. The van der Waals surface area contributed by atoms with Crippen LogP contribution in [0.2, 0.25) is 5.02 Å². The fourth-order valence-corrected chi connectivity index (χ4v) is 2.14. The molecule has 1 aromatic carbocycles. The van der Waals surface area contributed by atoms with Gasteiger partial charge in [0.25, 0.3) is 0 Å². The van der Waals surface area contributed by atoms with Crippen molar-refractivity contribution in [1.82, 2.24) is 10.6 Å². The van der Waals surface area contributed by atoms with Crippen molar-refractivity contribution >= 4 is 23.5 Å². The highest BCUT2D eigenvalue weighted by atomic mass is 35.5. The minimum Gasteiger partial charge on any atom is -0.356 e. The second kappa shape index (κ2) is 10.0. The summed E-state index contributed by atoms with van der Waals surface area (Å²) in [6, 6.07) is 7.12. The molecule has 0 fully saturated rings. The van der Waals surface area contributed by atoms with Gasteiger partial charge in [0, 0.05) is 24.5 Å². The third-order valence-corrected chi connectivity index (χ3v) is 3.24. The van der Waals surface area contributed by atoms with Gasteiger partial charge in [-0.1, -0.05) is 30.2 Å². The van der Waals surface area contributed by atoms with Crippen molar-refractivity contribution in [3.05, 3.63) is 34.9 Å². The molecular weight excluding hydrogens is 290 g/mol. The van der Waals surface area contributed by atoms with E-state index in [0.717, 1.165) is 31.2 Å². The van der Waals surface area contributed by atoms with Crippen molar-refractivity contribution in [3.63, 3.8) is 0 Å². The van der Waals surface area contributed by atoms with Crippen molar-refractivity contribution in [2.24, 2.45) is 5.73 Å². The molecule has 3 amide bonds. The van der Waals surface area contributed by atoms with Crippen LogP contribution in [0.5, 0.6) is 0 Å². The van der Waals surface area contributed by atoms with Crippen LogP contribution in [-0.4, -0.2) is 25.0 Å². The number of urea groups is 1. The van der Waals surface area contributed by atoms with Crippen molar-refractivity contribution < 1.29 is 9.59 Å². The predicted molar refractivity (Wildman–Crippen MR) is 84.2 cm³/mol. The molecule has 1 aromatic rings. The maximum Gasteiger partial charge on any atom is 0.312 e. The number of nitrogens with two attached hydrogens (primary N) is 1. The zero-order valence-corrected chi connectivity index (χ0v) is 12.8. The minimum atomic E-state index is -0.506. The molecule has 0 aliphatic carbocycles. The summed E-state index contributed by atoms with van der Waals surface area (Å²) < 4.78 is 0. The number of hydrogen-bond acceptors (Lipinski definition) is 2. The first-order chi connectivity index (χ1) is 10.1. The smallest absolute Gasteiger partial charge is 0.312 e. The fraction of sp³-hybridized carbons (Fsp3) is 0.467. The summed E-state index contributed by atoms with van der Waals surface area (Å²) in [7, 11) is 0. The van der Waals surface area contributed by atoms with Gasteiger partial charge < -0.3 is 16.4 Å². The summed E-state index contributed by atoms with van der Waals surface area (Å²) in [4.78, 5) is 22.0. The Bertz CT molecular complexity index is 466. The van der Waals surface area contributed by atoms with Crippen LogP contribution in [0.4, 0.5) is 4.79 Å². The van der Waals surface area contributed by atoms with E-state index >= 15 is 0 Å². The van der Waals surface area contributed by atoms with Gasteiger partial charge >= 0.3 is 6.03 Å². The van der Waals surface area contributed by atoms with Gasteiger partial charge in [0.15, 0.2) is 0 Å². The van der Waals surface area contributed by atoms with Gasteiger partial charge in [-0.25, -0.2) is 4.79 Å². The summed E-state index contributed by atoms with van der Waals surface area (Å²) in [5.74, 6) is 0.0555. The Kier molecular flexibility index (Phi) is 8.28. The molecule has 0 aliphatic rings. The lowest BCUT2D eigenvalue weighted by Gasteiger charge is -2.06. The number of benzene rings is 1. The molecule has 0 heterocycles. The van der Waals surface area contributed by atoms with Crippen LogP contribution in [-0.2, 0) is 11.2 Å². The van der Waals surface area contributed by atoms with Crippen LogP contribution in [0.25, 0.3) is 0 Å². The van der Waals surface area contributed by atoms with Crippen LogP contribution in [0, 0.1) is 0 Å². The lowest BCUT2D eigenvalue weighted by atomic mass is 10.1. The van der Waals surface area contributed by atoms with E-state index in [1.165, 1.54) is 0 Å². The predicted octanol–water partition coefficient (Wildman–Crippen LogP) is 2.23. The number of amides is 3. The number of nitrogens with one attached hydrogen (secondary N) is 2. The van der Waals surface area contributed by atoms with E-state index in [1.807, 2.05) is 24.3 Å². The van der Waals surface area contributed by atoms with E-state index in [0.29, 0.717) is 24.5 Å². The number of hydrogen-bond donors (Lipinski definition) is 3. The van der Waals surface area contributed by atoms with Gasteiger partial charge in [-0.15, -0.1) is 0 Å². The molecule has 0 radical (unpaired) electrons. The Labute approximate surface area is 130 Å². The molecule has 0 saturated carbocycles. The summed E-state index contributed by atoms with van der Waals surface area (Å²) >= 11 is 5.89. The molecule has 0 aromatic heterocycles. The quantitative estimate of drug-likeness (QED) is 0.611. The van der Waals surface area contributed by atoms with Crippen LogP contribution in [0.3, 0.4) is 0 Å². The number of carbonyl (C=O) groups is 2. The minimum absolute atomic E-state index is 0.0555. The van der Waals surface area contributed by atoms with Gasteiger partial charge in [0.2, 0.25) is 5.91 Å². The zero-order valence-electron chi connectivity index (χ0n) is 12.0. The second-order valence-corrected chi connectivity index (χ2v) is 5.27. The lowest BCUT2D eigenvalue weighted by Crippen LogP contribution is -2.30. The van der Waals surface area contributed by atoms with E-state index in [2.05, 4.69) is 10.6 Å². The Hall–Kier alpha value is -1.75. The third kappa shape index (κ3) is 8.92. The number of halogens is 1. The number of unbranched alkanes of at least 4 members (excludes halogenated alkanes) is 2. The Morgan fingerprint density at radius 3 is 2.62 bits per heavy atom. The molecule has 0 unspecified atom stereocenters. The standard InChI is InChI=1S/C15H22ClN3O2/c16-13-6-4-5-12(11-13)8-10-18-14(20)7-2-1-3-9-19-15(17)21/h4-6,11H,1-3,7-10H2,(H,18,20)(H3,17,19,21).